The summed E-state index contributed by atoms with van der Waals surface area (Å²) in [6.07, 6.45) is 0. The van der Waals surface area contributed by atoms with Crippen molar-refractivity contribution in [1.29, 1.82) is 0 Å². The zero-order chi connectivity index (χ0) is 12.7. The topological polar surface area (TPSA) is 20.2 Å². The molecule has 1 rings (SSSR count). The second-order valence-electron chi connectivity index (χ2n) is 6.71. The molecule has 0 aliphatic rings. The fourth-order valence-corrected chi connectivity index (χ4v) is 1.92. The van der Waals surface area contributed by atoms with Gasteiger partial charge >= 0.3 is 0 Å². The first-order valence-corrected chi connectivity index (χ1v) is 5.88. The van der Waals surface area contributed by atoms with Crippen molar-refractivity contribution in [1.82, 2.24) is 0 Å². The Kier molecular flexibility index (Phi) is 13.8. The van der Waals surface area contributed by atoms with Gasteiger partial charge in [0.1, 0.15) is 5.75 Å². The van der Waals surface area contributed by atoms with Crippen molar-refractivity contribution in [2.75, 3.05) is 0 Å². The molecule has 0 atom stereocenters. The van der Waals surface area contributed by atoms with Crippen LogP contribution in [0.15, 0.2) is 12.1 Å². The van der Waals surface area contributed by atoms with Crippen molar-refractivity contribution in [3.05, 3.63) is 28.8 Å². The molecule has 0 spiro atoms. The van der Waals surface area contributed by atoms with Crippen molar-refractivity contribution < 1.29 is 26.8 Å². The summed E-state index contributed by atoms with van der Waals surface area (Å²) in [5, 5.41) is 10.4. The van der Waals surface area contributed by atoms with E-state index in [1.807, 2.05) is 0 Å². The average molecular weight is 378 g/mol. The van der Waals surface area contributed by atoms with E-state index in [2.05, 4.69) is 60.6 Å². The van der Waals surface area contributed by atoms with Crippen LogP contribution in [0.3, 0.4) is 0 Å². The van der Waals surface area contributed by atoms with Gasteiger partial charge in [0.2, 0.25) is 0 Å². The van der Waals surface area contributed by atoms with Crippen molar-refractivity contribution in [2.45, 2.75) is 59.3 Å². The van der Waals surface area contributed by atoms with Crippen LogP contribution in [0, 0.1) is 6.92 Å². The third kappa shape index (κ3) is 7.05. The van der Waals surface area contributed by atoms with E-state index in [-0.39, 0.29) is 69.8 Å². The number of phenolic OH excluding ortho intramolecular Hbond substituents is 1. The van der Waals surface area contributed by atoms with E-state index in [0.29, 0.717) is 5.75 Å². The van der Waals surface area contributed by atoms with Gasteiger partial charge in [-0.15, -0.1) is 37.2 Å². The Morgan fingerprint density at radius 3 is 1.20 bits per heavy atom. The number of rotatable bonds is 0. The molecule has 1 aromatic carbocycles. The number of benzene rings is 1. The number of phenols is 1. The van der Waals surface area contributed by atoms with Gasteiger partial charge in [-0.05, 0) is 28.9 Å². The first-order chi connectivity index (χ1) is 7.03. The summed E-state index contributed by atoms with van der Waals surface area (Å²) in [6, 6.07) is 4.18. The minimum atomic E-state index is -0.0178. The van der Waals surface area contributed by atoms with Gasteiger partial charge in [0.15, 0.2) is 0 Å². The SMILES string of the molecule is Cc1cc(C(C)(C)C)c(O)c(C(C)(C)C)c1.Cl.Cl.Cl.[Ti]. The minimum Gasteiger partial charge on any atom is -0.507 e. The molecule has 1 nitrogen and oxygen atoms in total. The van der Waals surface area contributed by atoms with Crippen LogP contribution in [0.5, 0.6) is 5.75 Å². The average Bonchev–Trinajstić information content (AvgIpc) is 2.04. The third-order valence-electron chi connectivity index (χ3n) is 2.87. The summed E-state index contributed by atoms with van der Waals surface area (Å²) >= 11 is 0. The number of aromatic hydroxyl groups is 1. The fourth-order valence-electron chi connectivity index (χ4n) is 1.92. The molecule has 0 unspecified atom stereocenters. The molecule has 1 aromatic rings. The first kappa shape index (κ1) is 28.7. The van der Waals surface area contributed by atoms with Gasteiger partial charge in [-0.25, -0.2) is 0 Å². The monoisotopic (exact) mass is 376 g/mol. The van der Waals surface area contributed by atoms with Gasteiger partial charge in [-0.1, -0.05) is 59.2 Å². The van der Waals surface area contributed by atoms with Crippen LogP contribution in [0.2, 0.25) is 0 Å². The Labute approximate surface area is 157 Å². The second kappa shape index (κ2) is 9.59. The molecule has 0 aliphatic heterocycles. The fraction of sp³-hybridized carbons (Fsp3) is 0.600. The predicted octanol–water partition coefficient (Wildman–Crippen LogP) is 5.56. The summed E-state index contributed by atoms with van der Waals surface area (Å²) in [7, 11) is 0. The molecule has 0 saturated heterocycles. The van der Waals surface area contributed by atoms with Crippen LogP contribution >= 0.6 is 37.2 Å². The van der Waals surface area contributed by atoms with E-state index in [4.69, 9.17) is 0 Å². The number of hydrogen-bond donors (Lipinski definition) is 1. The van der Waals surface area contributed by atoms with E-state index in [0.717, 1.165) is 11.1 Å². The Hall–Kier alpha value is 0.604. The summed E-state index contributed by atoms with van der Waals surface area (Å²) in [4.78, 5) is 0. The zero-order valence-corrected chi connectivity index (χ0v) is 17.3. The molecule has 1 N–H and O–H groups in total. The van der Waals surface area contributed by atoms with Crippen LogP contribution in [-0.2, 0) is 32.5 Å². The number of hydrogen-bond acceptors (Lipinski definition) is 1. The van der Waals surface area contributed by atoms with E-state index >= 15 is 0 Å². The maximum absolute atomic E-state index is 10.4. The molecule has 0 saturated carbocycles. The molecule has 20 heavy (non-hydrogen) atoms. The van der Waals surface area contributed by atoms with Crippen LogP contribution < -0.4 is 0 Å². The standard InChI is InChI=1S/C15H24O.3ClH.Ti/c1-10-8-11(14(2,3)4)13(16)12(9-10)15(5,6)7;;;;/h8-9,16H,1-7H3;3*1H;. The van der Waals surface area contributed by atoms with Gasteiger partial charge in [0, 0.05) is 21.7 Å². The third-order valence-corrected chi connectivity index (χ3v) is 2.87. The quantitative estimate of drug-likeness (QED) is 0.587. The largest absolute Gasteiger partial charge is 0.507 e. The van der Waals surface area contributed by atoms with Gasteiger partial charge in [0.25, 0.3) is 0 Å². The summed E-state index contributed by atoms with van der Waals surface area (Å²) in [5.74, 6) is 0.464. The van der Waals surface area contributed by atoms with Gasteiger partial charge < -0.3 is 5.11 Å². The molecule has 0 aliphatic carbocycles. The van der Waals surface area contributed by atoms with Crippen molar-refractivity contribution in [2.24, 2.45) is 0 Å². The first-order valence-electron chi connectivity index (χ1n) is 5.88. The Morgan fingerprint density at radius 1 is 0.750 bits per heavy atom. The molecule has 0 bridgehead atoms. The second-order valence-corrected chi connectivity index (χ2v) is 6.71. The van der Waals surface area contributed by atoms with Gasteiger partial charge in [-0.3, -0.25) is 0 Å². The molecule has 0 aromatic heterocycles. The Morgan fingerprint density at radius 2 is 1.00 bits per heavy atom. The van der Waals surface area contributed by atoms with Crippen molar-refractivity contribution in [3.8, 4) is 5.75 Å². The van der Waals surface area contributed by atoms with Gasteiger partial charge in [0.05, 0.1) is 0 Å². The van der Waals surface area contributed by atoms with Crippen molar-refractivity contribution >= 4 is 37.2 Å². The van der Waals surface area contributed by atoms with Crippen molar-refractivity contribution in [3.63, 3.8) is 0 Å². The Bertz CT molecular complexity index is 372. The molecular weight excluding hydrogens is 350 g/mol. The number of aryl methyl sites for hydroxylation is 1. The number of halogens is 3. The van der Waals surface area contributed by atoms with Gasteiger partial charge in [-0.2, -0.15) is 0 Å². The molecular formula is C15H27Cl3OTi. The summed E-state index contributed by atoms with van der Waals surface area (Å²) in [5.41, 5.74) is 3.26. The maximum Gasteiger partial charge on any atom is 0.123 e. The van der Waals surface area contributed by atoms with E-state index in [1.54, 1.807) is 0 Å². The van der Waals surface area contributed by atoms with Crippen LogP contribution in [0.25, 0.3) is 0 Å². The summed E-state index contributed by atoms with van der Waals surface area (Å²) in [6.45, 7) is 14.9. The normalized spacial score (nSPS) is 10.3. The summed E-state index contributed by atoms with van der Waals surface area (Å²) < 4.78 is 0. The molecule has 0 heterocycles. The molecule has 0 amide bonds. The predicted molar refractivity (Wildman–Crippen MR) is 92.0 cm³/mol. The molecule has 0 radical (unpaired) electrons. The minimum absolute atomic E-state index is 0. The van der Waals surface area contributed by atoms with Crippen LogP contribution in [0.4, 0.5) is 0 Å². The molecule has 118 valence electrons. The van der Waals surface area contributed by atoms with E-state index in [9.17, 15) is 5.11 Å². The smallest absolute Gasteiger partial charge is 0.123 e. The maximum atomic E-state index is 10.4. The van der Waals surface area contributed by atoms with Crippen LogP contribution in [0.1, 0.15) is 58.2 Å². The van der Waals surface area contributed by atoms with Crippen LogP contribution in [-0.4, -0.2) is 5.11 Å². The van der Waals surface area contributed by atoms with E-state index < -0.39 is 0 Å². The Balaban J connectivity index is -0.000000320. The molecule has 5 heteroatoms. The van der Waals surface area contributed by atoms with E-state index in [1.165, 1.54) is 5.56 Å². The zero-order valence-electron chi connectivity index (χ0n) is 13.3. The molecule has 0 fully saturated rings.